The van der Waals surface area contributed by atoms with Crippen LogP contribution in [-0.2, 0) is 0 Å². The van der Waals surface area contributed by atoms with Crippen molar-refractivity contribution in [2.45, 2.75) is 64.3 Å². The van der Waals surface area contributed by atoms with Crippen LogP contribution in [0.1, 0.15) is 63.1 Å². The van der Waals surface area contributed by atoms with E-state index in [4.69, 9.17) is 0 Å². The summed E-state index contributed by atoms with van der Waals surface area (Å²) in [6.07, 6.45) is 13.0. The van der Waals surface area contributed by atoms with E-state index in [1.54, 1.807) is 0 Å². The van der Waals surface area contributed by atoms with Crippen LogP contribution in [0.2, 0.25) is 0 Å². The van der Waals surface area contributed by atoms with Gasteiger partial charge < -0.3 is 0 Å². The average Bonchev–Trinajstić information content (AvgIpc) is 2.69. The quantitative estimate of drug-likeness (QED) is 0.707. The van der Waals surface area contributed by atoms with Crippen LogP contribution < -0.4 is 0 Å². The molecule has 0 unspecified atom stereocenters. The summed E-state index contributed by atoms with van der Waals surface area (Å²) in [4.78, 5) is 0. The van der Waals surface area contributed by atoms with Crippen molar-refractivity contribution in [3.63, 3.8) is 0 Å². The Balaban J connectivity index is 1.98. The van der Waals surface area contributed by atoms with Crippen molar-refractivity contribution >= 4 is 0 Å². The van der Waals surface area contributed by atoms with E-state index in [0.29, 0.717) is 6.04 Å². The van der Waals surface area contributed by atoms with Crippen molar-refractivity contribution in [1.29, 1.82) is 0 Å². The molecule has 3 nitrogen and oxygen atoms in total. The number of aryl methyl sites for hydroxylation is 1. The van der Waals surface area contributed by atoms with Crippen LogP contribution >= 0.6 is 0 Å². The fraction of sp³-hybridized carbons (Fsp3) is 0.833. The van der Waals surface area contributed by atoms with Crippen LogP contribution in [0.25, 0.3) is 0 Å². The maximum absolute atomic E-state index is 4.21. The van der Waals surface area contributed by atoms with Gasteiger partial charge in [0.1, 0.15) is 0 Å². The van der Waals surface area contributed by atoms with E-state index in [9.17, 15) is 0 Å². The van der Waals surface area contributed by atoms with Crippen molar-refractivity contribution in [3.8, 4) is 0 Å². The van der Waals surface area contributed by atoms with Gasteiger partial charge in [0.05, 0.1) is 11.7 Å². The van der Waals surface area contributed by atoms with Crippen molar-refractivity contribution in [2.24, 2.45) is 0 Å². The van der Waals surface area contributed by atoms with E-state index < -0.39 is 0 Å². The number of aromatic nitrogens is 3. The molecule has 0 radical (unpaired) electrons. The molecule has 0 saturated heterocycles. The maximum atomic E-state index is 4.21. The Kier molecular flexibility index (Phi) is 3.75. The number of rotatable bonds is 1. The second-order valence-electron chi connectivity index (χ2n) is 4.69. The lowest BCUT2D eigenvalue weighted by Gasteiger charge is -2.15. The normalized spacial score (nSPS) is 20.6. The van der Waals surface area contributed by atoms with Gasteiger partial charge in [-0.2, -0.15) is 0 Å². The van der Waals surface area contributed by atoms with Gasteiger partial charge in [0.2, 0.25) is 0 Å². The zero-order chi connectivity index (χ0) is 10.5. The zero-order valence-corrected chi connectivity index (χ0v) is 9.65. The lowest BCUT2D eigenvalue weighted by molar-refractivity contribution is 0.375. The molecular weight excluding hydrogens is 186 g/mol. The van der Waals surface area contributed by atoms with E-state index in [-0.39, 0.29) is 0 Å². The van der Waals surface area contributed by atoms with Crippen LogP contribution in [0.3, 0.4) is 0 Å². The van der Waals surface area contributed by atoms with Crippen LogP contribution in [0.15, 0.2) is 6.20 Å². The molecule has 1 saturated carbocycles. The third-order valence-corrected chi connectivity index (χ3v) is 3.32. The smallest absolute Gasteiger partial charge is 0.0796 e. The summed E-state index contributed by atoms with van der Waals surface area (Å²) in [6, 6.07) is 0.601. The minimum absolute atomic E-state index is 0.601. The molecule has 0 aliphatic heterocycles. The van der Waals surface area contributed by atoms with Crippen molar-refractivity contribution in [3.05, 3.63) is 11.9 Å². The lowest BCUT2D eigenvalue weighted by Crippen LogP contribution is -2.09. The number of nitrogens with zero attached hydrogens (tertiary/aromatic N) is 3. The Bertz CT molecular complexity index is 283. The maximum Gasteiger partial charge on any atom is 0.0796 e. The molecular formula is C12H21N3. The van der Waals surface area contributed by atoms with Gasteiger partial charge in [0, 0.05) is 6.20 Å². The summed E-state index contributed by atoms with van der Waals surface area (Å²) in [5.74, 6) is 0. The third-order valence-electron chi connectivity index (χ3n) is 3.32. The Morgan fingerprint density at radius 3 is 2.20 bits per heavy atom. The van der Waals surface area contributed by atoms with Crippen LogP contribution in [0.4, 0.5) is 0 Å². The molecule has 84 valence electrons. The molecule has 15 heavy (non-hydrogen) atoms. The molecule has 1 aromatic heterocycles. The molecule has 3 heteroatoms. The van der Waals surface area contributed by atoms with Gasteiger partial charge in [-0.1, -0.05) is 43.7 Å². The lowest BCUT2D eigenvalue weighted by atomic mass is 10.1. The highest BCUT2D eigenvalue weighted by atomic mass is 15.4. The molecule has 1 heterocycles. The highest BCUT2D eigenvalue weighted by Gasteiger charge is 2.13. The van der Waals surface area contributed by atoms with Crippen LogP contribution in [0.5, 0.6) is 0 Å². The highest BCUT2D eigenvalue weighted by molar-refractivity contribution is 4.88. The number of hydrogen-bond donors (Lipinski definition) is 0. The molecule has 2 rings (SSSR count). The third kappa shape index (κ3) is 3.05. The van der Waals surface area contributed by atoms with Gasteiger partial charge in [-0.25, -0.2) is 4.68 Å². The SMILES string of the molecule is Cc1cn(C2CCCCCCCC2)nn1. The molecule has 0 spiro atoms. The van der Waals surface area contributed by atoms with E-state index in [2.05, 4.69) is 21.2 Å². The van der Waals surface area contributed by atoms with Gasteiger partial charge in [-0.05, 0) is 19.8 Å². The highest BCUT2D eigenvalue weighted by Crippen LogP contribution is 2.24. The Hall–Kier alpha value is -0.860. The molecule has 0 atom stereocenters. The fourth-order valence-electron chi connectivity index (χ4n) is 2.42. The summed E-state index contributed by atoms with van der Waals surface area (Å²) in [7, 11) is 0. The van der Waals surface area contributed by atoms with Gasteiger partial charge in [0.15, 0.2) is 0 Å². The van der Waals surface area contributed by atoms with Gasteiger partial charge in [-0.3, -0.25) is 0 Å². The summed E-state index contributed by atoms with van der Waals surface area (Å²) in [5, 5.41) is 8.29. The summed E-state index contributed by atoms with van der Waals surface area (Å²) < 4.78 is 2.08. The fourth-order valence-corrected chi connectivity index (χ4v) is 2.42. The Morgan fingerprint density at radius 2 is 1.67 bits per heavy atom. The van der Waals surface area contributed by atoms with E-state index >= 15 is 0 Å². The largest absolute Gasteiger partial charge is 0.249 e. The average molecular weight is 207 g/mol. The monoisotopic (exact) mass is 207 g/mol. The van der Waals surface area contributed by atoms with Crippen molar-refractivity contribution in [1.82, 2.24) is 15.0 Å². The van der Waals surface area contributed by atoms with E-state index in [1.807, 2.05) is 6.92 Å². The Morgan fingerprint density at radius 1 is 1.07 bits per heavy atom. The molecule has 1 aliphatic carbocycles. The summed E-state index contributed by atoms with van der Waals surface area (Å²) in [5.41, 5.74) is 1.04. The van der Waals surface area contributed by atoms with Crippen LogP contribution in [-0.4, -0.2) is 15.0 Å². The summed E-state index contributed by atoms with van der Waals surface area (Å²) >= 11 is 0. The first kappa shape index (κ1) is 10.7. The minimum atomic E-state index is 0.601. The predicted molar refractivity (Wildman–Crippen MR) is 60.7 cm³/mol. The molecule has 1 fully saturated rings. The van der Waals surface area contributed by atoms with E-state index in [1.165, 1.54) is 51.4 Å². The molecule has 1 aliphatic rings. The predicted octanol–water partition coefficient (Wildman–Crippen LogP) is 3.26. The topological polar surface area (TPSA) is 30.7 Å². The number of hydrogen-bond acceptors (Lipinski definition) is 2. The van der Waals surface area contributed by atoms with Gasteiger partial charge >= 0.3 is 0 Å². The van der Waals surface area contributed by atoms with Gasteiger partial charge in [-0.15, -0.1) is 5.10 Å². The second kappa shape index (κ2) is 5.29. The zero-order valence-electron chi connectivity index (χ0n) is 9.65. The first-order chi connectivity index (χ1) is 7.36. The molecule has 0 amide bonds. The van der Waals surface area contributed by atoms with Gasteiger partial charge in [0.25, 0.3) is 0 Å². The minimum Gasteiger partial charge on any atom is -0.249 e. The molecule has 0 aromatic carbocycles. The molecule has 0 bridgehead atoms. The van der Waals surface area contributed by atoms with E-state index in [0.717, 1.165) is 5.69 Å². The first-order valence-corrected chi connectivity index (χ1v) is 6.25. The molecule has 1 aromatic rings. The van der Waals surface area contributed by atoms with Crippen LogP contribution in [0, 0.1) is 6.92 Å². The summed E-state index contributed by atoms with van der Waals surface area (Å²) in [6.45, 7) is 2.01. The molecule has 0 N–H and O–H groups in total. The standard InChI is InChI=1S/C12H21N3/c1-11-10-15(14-13-11)12-8-6-4-2-3-5-7-9-12/h10,12H,2-9H2,1H3. The van der Waals surface area contributed by atoms with Crippen molar-refractivity contribution in [2.75, 3.05) is 0 Å². The second-order valence-corrected chi connectivity index (χ2v) is 4.69. The van der Waals surface area contributed by atoms with Crippen molar-refractivity contribution < 1.29 is 0 Å². The Labute approximate surface area is 91.9 Å². The first-order valence-electron chi connectivity index (χ1n) is 6.25.